The third kappa shape index (κ3) is 3.26. The summed E-state index contributed by atoms with van der Waals surface area (Å²) >= 11 is 5.17. The van der Waals surface area contributed by atoms with Gasteiger partial charge in [0.25, 0.3) is 0 Å². The lowest BCUT2D eigenvalue weighted by Gasteiger charge is -2.52. The molecule has 1 saturated carbocycles. The van der Waals surface area contributed by atoms with Crippen molar-refractivity contribution in [3.63, 3.8) is 0 Å². The Morgan fingerprint density at radius 2 is 1.74 bits per heavy atom. The molecule has 4 N–H and O–H groups in total. The highest BCUT2D eigenvalue weighted by Gasteiger charge is 2.65. The van der Waals surface area contributed by atoms with Crippen molar-refractivity contribution in [3.8, 4) is 0 Å². The van der Waals surface area contributed by atoms with Crippen molar-refractivity contribution in [2.45, 2.75) is 30.5 Å². The van der Waals surface area contributed by atoms with Gasteiger partial charge in [-0.15, -0.1) is 0 Å². The van der Waals surface area contributed by atoms with E-state index in [0.29, 0.717) is 10.7 Å². The molecule has 0 bridgehead atoms. The fourth-order valence-electron chi connectivity index (χ4n) is 4.41. The van der Waals surface area contributed by atoms with Crippen LogP contribution in [0.5, 0.6) is 0 Å². The largest absolute Gasteiger partial charge is 0.469 e. The third-order valence-corrected chi connectivity index (χ3v) is 5.59. The summed E-state index contributed by atoms with van der Waals surface area (Å²) in [6.45, 7) is 1.56. The van der Waals surface area contributed by atoms with Crippen LogP contribution in [-0.2, 0) is 19.1 Å². The monoisotopic (exact) mass is 393 g/mol. The van der Waals surface area contributed by atoms with E-state index in [-0.39, 0.29) is 6.42 Å². The Bertz CT molecular complexity index is 757. The van der Waals surface area contributed by atoms with Crippen molar-refractivity contribution in [2.75, 3.05) is 14.2 Å². The van der Waals surface area contributed by atoms with E-state index >= 15 is 0 Å². The first-order chi connectivity index (χ1) is 12.8. The summed E-state index contributed by atoms with van der Waals surface area (Å²) in [7, 11) is 2.55. The highest BCUT2D eigenvalue weighted by Crippen LogP contribution is 2.51. The second-order valence-electron chi connectivity index (χ2n) is 7.15. The number of benzene rings is 1. The van der Waals surface area contributed by atoms with E-state index < -0.39 is 41.0 Å². The Labute approximate surface area is 162 Å². The second-order valence-corrected chi connectivity index (χ2v) is 7.56. The number of methoxy groups -OCH3 is 2. The lowest BCUT2D eigenvalue weighted by Crippen LogP contribution is -2.70. The topological polar surface area (TPSA) is 109 Å². The first-order valence-electron chi connectivity index (χ1n) is 8.54. The highest BCUT2D eigenvalue weighted by molar-refractivity contribution is 7.80. The van der Waals surface area contributed by atoms with Crippen molar-refractivity contribution < 1.29 is 24.2 Å². The van der Waals surface area contributed by atoms with Crippen LogP contribution in [0.3, 0.4) is 0 Å². The summed E-state index contributed by atoms with van der Waals surface area (Å²) in [5, 5.41) is 14.6. The summed E-state index contributed by atoms with van der Waals surface area (Å²) in [5.41, 5.74) is 3.90. The van der Waals surface area contributed by atoms with E-state index in [9.17, 15) is 14.7 Å². The average molecular weight is 393 g/mol. The maximum atomic E-state index is 12.9. The quantitative estimate of drug-likeness (QED) is 0.422. The van der Waals surface area contributed by atoms with E-state index in [1.165, 1.54) is 14.2 Å². The first-order valence-corrected chi connectivity index (χ1v) is 8.95. The van der Waals surface area contributed by atoms with Gasteiger partial charge in [-0.05, 0) is 24.7 Å². The first kappa shape index (κ1) is 19.5. The van der Waals surface area contributed by atoms with Crippen molar-refractivity contribution in [2.24, 2.45) is 11.8 Å². The lowest BCUT2D eigenvalue weighted by atomic mass is 9.58. The molecule has 0 aromatic heterocycles. The van der Waals surface area contributed by atoms with Gasteiger partial charge in [-0.3, -0.25) is 15.0 Å². The number of hydrogen-bond acceptors (Lipinski definition) is 7. The van der Waals surface area contributed by atoms with E-state index in [4.69, 9.17) is 21.7 Å². The molecule has 5 atom stereocenters. The summed E-state index contributed by atoms with van der Waals surface area (Å²) in [6.07, 6.45) is 0.0238. The Kier molecular flexibility index (Phi) is 5.11. The third-order valence-electron chi connectivity index (χ3n) is 5.39. The molecule has 27 heavy (non-hydrogen) atoms. The van der Waals surface area contributed by atoms with E-state index in [1.807, 2.05) is 30.3 Å². The second kappa shape index (κ2) is 7.06. The fourth-order valence-corrected chi connectivity index (χ4v) is 4.64. The van der Waals surface area contributed by atoms with Crippen molar-refractivity contribution in [3.05, 3.63) is 35.9 Å². The highest BCUT2D eigenvalue weighted by atomic mass is 32.1. The van der Waals surface area contributed by atoms with E-state index in [1.54, 1.807) is 6.92 Å². The molecule has 1 spiro atoms. The number of carbonyl (C=O) groups is 2. The molecule has 1 aromatic rings. The summed E-state index contributed by atoms with van der Waals surface area (Å²) < 4.78 is 10.0. The van der Waals surface area contributed by atoms with Crippen molar-refractivity contribution >= 4 is 29.3 Å². The molecule has 0 unspecified atom stereocenters. The smallest absolute Gasteiger partial charge is 0.313 e. The molecule has 2 aliphatic rings. The summed E-state index contributed by atoms with van der Waals surface area (Å²) in [4.78, 5) is 25.6. The molecule has 1 saturated heterocycles. The maximum absolute atomic E-state index is 12.9. The Hall–Kier alpha value is -2.23. The number of rotatable bonds is 3. The van der Waals surface area contributed by atoms with Gasteiger partial charge in [0.05, 0.1) is 25.7 Å². The van der Waals surface area contributed by atoms with Crippen LogP contribution in [0.25, 0.3) is 0 Å². The molecule has 1 aliphatic carbocycles. The zero-order chi connectivity index (χ0) is 19.8. The predicted octanol–water partition coefficient (Wildman–Crippen LogP) is 0.182. The molecule has 0 amide bonds. The Morgan fingerprint density at radius 1 is 1.15 bits per heavy atom. The van der Waals surface area contributed by atoms with Crippen LogP contribution < -0.4 is 16.2 Å². The van der Waals surface area contributed by atoms with Crippen molar-refractivity contribution in [1.29, 1.82) is 0 Å². The molecule has 146 valence electrons. The summed E-state index contributed by atoms with van der Waals surface area (Å²) in [6, 6.07) is 9.08. The molecular weight excluding hydrogens is 370 g/mol. The molecular formula is C18H23N3O5S. The van der Waals surface area contributed by atoms with Crippen LogP contribution in [0.2, 0.25) is 0 Å². The minimum atomic E-state index is -1.49. The van der Waals surface area contributed by atoms with Gasteiger partial charge < -0.3 is 19.9 Å². The Morgan fingerprint density at radius 3 is 2.26 bits per heavy atom. The molecule has 3 rings (SSSR count). The zero-order valence-corrected chi connectivity index (χ0v) is 16.1. The van der Waals surface area contributed by atoms with Crippen LogP contribution in [-0.4, -0.2) is 47.6 Å². The Balaban J connectivity index is 2.22. The molecule has 9 heteroatoms. The van der Waals surface area contributed by atoms with Crippen LogP contribution >= 0.6 is 12.2 Å². The number of hydrogen-bond donors (Lipinski definition) is 4. The van der Waals surface area contributed by atoms with E-state index in [0.717, 1.165) is 0 Å². The maximum Gasteiger partial charge on any atom is 0.313 e. The van der Waals surface area contributed by atoms with Crippen LogP contribution in [0.15, 0.2) is 30.3 Å². The van der Waals surface area contributed by atoms with Gasteiger partial charge in [0.1, 0.15) is 11.6 Å². The summed E-state index contributed by atoms with van der Waals surface area (Å²) in [5.74, 6) is -3.66. The van der Waals surface area contributed by atoms with E-state index in [2.05, 4.69) is 16.2 Å². The number of ether oxygens (including phenoxy) is 2. The number of nitrogens with one attached hydrogen (secondary N) is 3. The lowest BCUT2D eigenvalue weighted by molar-refractivity contribution is -0.177. The number of aliphatic hydroxyl groups is 1. The van der Waals surface area contributed by atoms with Crippen LogP contribution in [0, 0.1) is 11.8 Å². The minimum absolute atomic E-state index is 0.0238. The number of hydrazine groups is 1. The average Bonchev–Trinajstić information content (AvgIpc) is 3.00. The fraction of sp³-hybridized carbons (Fsp3) is 0.500. The van der Waals surface area contributed by atoms with Gasteiger partial charge in [-0.25, -0.2) is 5.43 Å². The molecule has 1 heterocycles. The molecule has 1 aromatic carbocycles. The SMILES string of the molecule is COC(=O)[C@@H]1[C@H](c2ccccc2)[C@H](C(=O)OC)[C@@](C)(O)C[C@]12NNC(=S)N2. The molecule has 1 aliphatic heterocycles. The van der Waals surface area contributed by atoms with Crippen molar-refractivity contribution in [1.82, 2.24) is 16.2 Å². The molecule has 8 nitrogen and oxygen atoms in total. The number of esters is 2. The van der Waals surface area contributed by atoms with Gasteiger partial charge >= 0.3 is 11.9 Å². The molecule has 0 radical (unpaired) electrons. The van der Waals surface area contributed by atoms with Gasteiger partial charge in [-0.2, -0.15) is 0 Å². The van der Waals surface area contributed by atoms with Crippen LogP contribution in [0.1, 0.15) is 24.8 Å². The standard InChI is InChI=1S/C18H23N3O5S/c1-17(24)9-18(19-16(27)20-21-18)13(15(23)26-3)11(12(17)14(22)25-2)10-7-5-4-6-8-10/h4-8,11-13,21,24H,9H2,1-3H3,(H2,19,20,27)/t11-,12-,13+,17+,18+/m1/s1. The number of carbonyl (C=O) groups excluding carboxylic acids is 2. The molecule has 2 fully saturated rings. The predicted molar refractivity (Wildman–Crippen MR) is 100 cm³/mol. The zero-order valence-electron chi connectivity index (χ0n) is 15.3. The van der Waals surface area contributed by atoms with Gasteiger partial charge in [0.2, 0.25) is 0 Å². The van der Waals surface area contributed by atoms with Gasteiger partial charge in [0, 0.05) is 12.3 Å². The van der Waals surface area contributed by atoms with Gasteiger partial charge in [-0.1, -0.05) is 30.3 Å². The number of thiocarbonyl (C=S) groups is 1. The normalized spacial score (nSPS) is 35.3. The minimum Gasteiger partial charge on any atom is -0.469 e. The van der Waals surface area contributed by atoms with Gasteiger partial charge in [0.15, 0.2) is 5.11 Å². The van der Waals surface area contributed by atoms with Crippen LogP contribution in [0.4, 0.5) is 0 Å².